The maximum absolute atomic E-state index is 10.0. The predicted molar refractivity (Wildman–Crippen MR) is 42.6 cm³/mol. The Kier molecular flexibility index (Phi) is 2.87. The molecule has 0 aliphatic carbocycles. The Morgan fingerprint density at radius 1 is 1.18 bits per heavy atom. The molecule has 0 spiro atoms. The number of benzene rings is 1. The first-order valence-corrected chi connectivity index (χ1v) is 3.86. The lowest BCUT2D eigenvalue weighted by Gasteiger charge is -1.96. The van der Waals surface area contributed by atoms with Crippen molar-refractivity contribution in [2.75, 3.05) is 7.11 Å². The average Bonchev–Trinajstić information content (AvgIpc) is 2.07. The molecule has 0 aliphatic rings. The van der Waals surface area contributed by atoms with Gasteiger partial charge in [-0.05, 0) is 28.8 Å². The molecule has 0 aliphatic heterocycles. The zero-order chi connectivity index (χ0) is 8.10. The molecule has 1 aromatic carbocycles. The molecule has 0 saturated heterocycles. The SMILES string of the molecule is COc1ccc(O[PH+]=O)cc1. The van der Waals surface area contributed by atoms with Crippen molar-refractivity contribution in [2.24, 2.45) is 0 Å². The van der Waals surface area contributed by atoms with Crippen LogP contribution in [0.3, 0.4) is 0 Å². The van der Waals surface area contributed by atoms with Crippen molar-refractivity contribution in [1.29, 1.82) is 0 Å². The molecule has 3 nitrogen and oxygen atoms in total. The predicted octanol–water partition coefficient (Wildman–Crippen LogP) is 2.01. The fourth-order valence-electron chi connectivity index (χ4n) is 0.692. The molecule has 1 aromatic rings. The average molecular weight is 171 g/mol. The highest BCUT2D eigenvalue weighted by atomic mass is 31.1. The van der Waals surface area contributed by atoms with E-state index < -0.39 is 8.69 Å². The minimum Gasteiger partial charge on any atom is -0.497 e. The van der Waals surface area contributed by atoms with E-state index in [1.54, 1.807) is 31.4 Å². The van der Waals surface area contributed by atoms with Gasteiger partial charge in [0.2, 0.25) is 0 Å². The molecule has 1 atom stereocenters. The Labute approximate surface area is 66.2 Å². The topological polar surface area (TPSA) is 35.5 Å². The Balaban J connectivity index is 2.74. The smallest absolute Gasteiger partial charge is 0.497 e. The lowest BCUT2D eigenvalue weighted by Crippen LogP contribution is -1.81. The number of hydrogen-bond acceptors (Lipinski definition) is 3. The normalized spacial score (nSPS) is 9.55. The maximum Gasteiger partial charge on any atom is 0.542 e. The largest absolute Gasteiger partial charge is 0.542 e. The Morgan fingerprint density at radius 3 is 2.18 bits per heavy atom. The van der Waals surface area contributed by atoms with Gasteiger partial charge < -0.3 is 4.74 Å². The van der Waals surface area contributed by atoms with Gasteiger partial charge in [0.05, 0.1) is 7.11 Å². The summed E-state index contributed by atoms with van der Waals surface area (Å²) >= 11 is 0. The van der Waals surface area contributed by atoms with Crippen molar-refractivity contribution in [1.82, 2.24) is 0 Å². The highest BCUT2D eigenvalue weighted by molar-refractivity contribution is 7.17. The van der Waals surface area contributed by atoms with Gasteiger partial charge in [0, 0.05) is 0 Å². The van der Waals surface area contributed by atoms with Crippen molar-refractivity contribution in [3.8, 4) is 11.5 Å². The van der Waals surface area contributed by atoms with Crippen LogP contribution in [0.25, 0.3) is 0 Å². The van der Waals surface area contributed by atoms with Crippen LogP contribution in [-0.2, 0) is 4.57 Å². The van der Waals surface area contributed by atoms with Gasteiger partial charge in [-0.15, -0.1) is 0 Å². The second kappa shape index (κ2) is 3.94. The summed E-state index contributed by atoms with van der Waals surface area (Å²) in [6, 6.07) is 6.89. The maximum atomic E-state index is 10.0. The molecule has 0 N–H and O–H groups in total. The Hall–Kier alpha value is -1.08. The van der Waals surface area contributed by atoms with Crippen LogP contribution in [0, 0.1) is 0 Å². The fraction of sp³-hybridized carbons (Fsp3) is 0.143. The summed E-state index contributed by atoms with van der Waals surface area (Å²) < 4.78 is 19.7. The Bertz CT molecular complexity index is 232. The quantitative estimate of drug-likeness (QED) is 0.652. The lowest BCUT2D eigenvalue weighted by molar-refractivity contribution is 0.414. The molecular weight excluding hydrogens is 163 g/mol. The summed E-state index contributed by atoms with van der Waals surface area (Å²) in [4.78, 5) is 0. The monoisotopic (exact) mass is 171 g/mol. The second-order valence-corrected chi connectivity index (χ2v) is 2.23. The van der Waals surface area contributed by atoms with Gasteiger partial charge in [-0.1, -0.05) is 0 Å². The van der Waals surface area contributed by atoms with Crippen LogP contribution in [-0.4, -0.2) is 7.11 Å². The van der Waals surface area contributed by atoms with Gasteiger partial charge in [-0.3, -0.25) is 4.52 Å². The van der Waals surface area contributed by atoms with E-state index in [4.69, 9.17) is 9.26 Å². The number of rotatable bonds is 3. The zero-order valence-electron chi connectivity index (χ0n) is 6.03. The van der Waals surface area contributed by atoms with Crippen LogP contribution >= 0.6 is 8.69 Å². The summed E-state index contributed by atoms with van der Waals surface area (Å²) in [5, 5.41) is 0. The molecule has 1 unspecified atom stereocenters. The van der Waals surface area contributed by atoms with Gasteiger partial charge in [0.25, 0.3) is 0 Å². The van der Waals surface area contributed by atoms with E-state index in [2.05, 4.69) is 0 Å². The summed E-state index contributed by atoms with van der Waals surface area (Å²) in [6.07, 6.45) is 0. The number of ether oxygens (including phenoxy) is 1. The van der Waals surface area contributed by atoms with Crippen LogP contribution in [0.4, 0.5) is 0 Å². The van der Waals surface area contributed by atoms with E-state index in [1.165, 1.54) is 0 Å². The minimum atomic E-state index is -0.758. The fourth-order valence-corrected chi connectivity index (χ4v) is 0.924. The molecular formula is C7H8O3P+. The van der Waals surface area contributed by atoms with Crippen LogP contribution in [0.15, 0.2) is 24.3 Å². The van der Waals surface area contributed by atoms with Crippen LogP contribution in [0.1, 0.15) is 0 Å². The third-order valence-corrected chi connectivity index (χ3v) is 1.54. The lowest BCUT2D eigenvalue weighted by atomic mass is 10.3. The first-order valence-electron chi connectivity index (χ1n) is 3.05. The molecule has 0 bridgehead atoms. The van der Waals surface area contributed by atoms with E-state index in [0.29, 0.717) is 5.75 Å². The van der Waals surface area contributed by atoms with Crippen molar-refractivity contribution in [3.63, 3.8) is 0 Å². The van der Waals surface area contributed by atoms with Crippen molar-refractivity contribution < 1.29 is 13.8 Å². The van der Waals surface area contributed by atoms with Crippen molar-refractivity contribution in [3.05, 3.63) is 24.3 Å². The highest BCUT2D eigenvalue weighted by Gasteiger charge is 1.97. The molecule has 1 rings (SSSR count). The molecule has 0 saturated carbocycles. The highest BCUT2D eigenvalue weighted by Crippen LogP contribution is 2.19. The van der Waals surface area contributed by atoms with Gasteiger partial charge in [-0.2, -0.15) is 0 Å². The van der Waals surface area contributed by atoms with E-state index >= 15 is 0 Å². The van der Waals surface area contributed by atoms with Gasteiger partial charge in [0.1, 0.15) is 5.75 Å². The van der Waals surface area contributed by atoms with E-state index in [9.17, 15) is 4.57 Å². The van der Waals surface area contributed by atoms with Crippen LogP contribution in [0.2, 0.25) is 0 Å². The summed E-state index contributed by atoms with van der Waals surface area (Å²) in [6.45, 7) is 0. The number of methoxy groups -OCH3 is 1. The molecule has 58 valence electrons. The summed E-state index contributed by atoms with van der Waals surface area (Å²) in [7, 11) is 0.830. The number of hydrogen-bond donors (Lipinski definition) is 0. The van der Waals surface area contributed by atoms with E-state index in [1.807, 2.05) is 0 Å². The second-order valence-electron chi connectivity index (χ2n) is 1.86. The van der Waals surface area contributed by atoms with Crippen LogP contribution in [0.5, 0.6) is 11.5 Å². The standard InChI is InChI=1S/C7H8O3P/c1-9-6-2-4-7(5-3-6)10-11-8/h2-5,11H,1H3/q+1. The molecule has 0 radical (unpaired) electrons. The summed E-state index contributed by atoms with van der Waals surface area (Å²) in [5.74, 6) is 1.34. The molecule has 0 heterocycles. The Morgan fingerprint density at radius 2 is 1.73 bits per heavy atom. The van der Waals surface area contributed by atoms with E-state index in [0.717, 1.165) is 5.75 Å². The third kappa shape index (κ3) is 2.20. The molecule has 0 fully saturated rings. The molecule has 11 heavy (non-hydrogen) atoms. The van der Waals surface area contributed by atoms with Crippen molar-refractivity contribution >= 4 is 8.69 Å². The van der Waals surface area contributed by atoms with Gasteiger partial charge in [-0.25, -0.2) is 0 Å². The van der Waals surface area contributed by atoms with Crippen LogP contribution < -0.4 is 9.26 Å². The molecule has 0 amide bonds. The first-order chi connectivity index (χ1) is 5.36. The third-order valence-electron chi connectivity index (χ3n) is 1.22. The minimum absolute atomic E-state index is 0.583. The molecule has 0 aromatic heterocycles. The van der Waals surface area contributed by atoms with Gasteiger partial charge >= 0.3 is 8.69 Å². The van der Waals surface area contributed by atoms with E-state index in [-0.39, 0.29) is 0 Å². The zero-order valence-corrected chi connectivity index (χ0v) is 7.03. The first kappa shape index (κ1) is 8.02. The van der Waals surface area contributed by atoms with Gasteiger partial charge in [0.15, 0.2) is 5.75 Å². The summed E-state index contributed by atoms with van der Waals surface area (Å²) in [5.41, 5.74) is 0. The van der Waals surface area contributed by atoms with Crippen molar-refractivity contribution in [2.45, 2.75) is 0 Å². The molecule has 4 heteroatoms.